The zero-order chi connectivity index (χ0) is 28.8. The van der Waals surface area contributed by atoms with Gasteiger partial charge in [0.1, 0.15) is 6.61 Å². The van der Waals surface area contributed by atoms with Crippen molar-refractivity contribution < 1.29 is 14.6 Å². The molecule has 1 N–H and O–H groups in total. The number of rotatable bonds is 4. The first kappa shape index (κ1) is 26.7. The fourth-order valence-corrected chi connectivity index (χ4v) is 10.9. The van der Waals surface area contributed by atoms with Gasteiger partial charge in [0, 0.05) is 0 Å². The topological polar surface area (TPSA) is 46.5 Å². The van der Waals surface area contributed by atoms with Crippen molar-refractivity contribution in [1.29, 1.82) is 0 Å². The molecule has 4 aliphatic carbocycles. The number of aliphatic hydroxyl groups excluding tert-OH is 1. The van der Waals surface area contributed by atoms with Crippen LogP contribution in [0.5, 0.6) is 0 Å². The first-order chi connectivity index (χ1) is 20.3. The van der Waals surface area contributed by atoms with Crippen LogP contribution in [-0.2, 0) is 16.1 Å². The van der Waals surface area contributed by atoms with E-state index in [0.717, 1.165) is 43.6 Å². The molecular weight excluding hydrogens is 516 g/mol. The molecular formula is C39H44O3. The molecule has 4 aliphatic rings. The highest BCUT2D eigenvalue weighted by Gasteiger charge is 2.59. The van der Waals surface area contributed by atoms with Crippen molar-refractivity contribution in [1.82, 2.24) is 0 Å². The number of hydrogen-bond donors (Lipinski definition) is 1. The summed E-state index contributed by atoms with van der Waals surface area (Å²) in [6.45, 7) is 7.46. The van der Waals surface area contributed by atoms with Gasteiger partial charge in [-0.15, -0.1) is 0 Å². The van der Waals surface area contributed by atoms with Crippen LogP contribution in [0.4, 0.5) is 0 Å². The summed E-state index contributed by atoms with van der Waals surface area (Å²) >= 11 is 0. The van der Waals surface area contributed by atoms with Gasteiger partial charge in [-0.05, 0) is 124 Å². The lowest BCUT2D eigenvalue weighted by Gasteiger charge is -2.58. The van der Waals surface area contributed by atoms with Crippen molar-refractivity contribution in [3.05, 3.63) is 71.8 Å². The molecule has 218 valence electrons. The molecule has 3 nitrogen and oxygen atoms in total. The first-order valence-electron chi connectivity index (χ1n) is 16.5. The van der Waals surface area contributed by atoms with E-state index in [1.165, 1.54) is 57.2 Å². The van der Waals surface area contributed by atoms with E-state index in [1.807, 2.05) is 0 Å². The smallest absolute Gasteiger partial charge is 0.309 e. The Bertz CT molecular complexity index is 1700. The lowest BCUT2D eigenvalue weighted by atomic mass is 9.47. The van der Waals surface area contributed by atoms with E-state index in [2.05, 4.69) is 81.4 Å². The molecule has 0 amide bonds. The lowest BCUT2D eigenvalue weighted by Crippen LogP contribution is -2.51. The van der Waals surface area contributed by atoms with Gasteiger partial charge in [0.15, 0.2) is 0 Å². The van der Waals surface area contributed by atoms with E-state index >= 15 is 0 Å². The number of ether oxygens (including phenoxy) is 1. The molecule has 3 saturated carbocycles. The maximum absolute atomic E-state index is 13.7. The minimum Gasteiger partial charge on any atom is -0.461 e. The van der Waals surface area contributed by atoms with Crippen LogP contribution < -0.4 is 0 Å². The summed E-state index contributed by atoms with van der Waals surface area (Å²) in [7, 11) is 0. The molecule has 4 aromatic carbocycles. The average molecular weight is 561 g/mol. The SMILES string of the molecule is CC(C(=O)OCc1ccc2ccc3cccc4ccc1c2c34)C1CCC2C3CC=C4CC(O)CCC4(C)C3CCC12C. The quantitative estimate of drug-likeness (QED) is 0.154. The molecule has 0 radical (unpaired) electrons. The summed E-state index contributed by atoms with van der Waals surface area (Å²) in [5.41, 5.74) is 3.08. The molecule has 0 spiro atoms. The Morgan fingerprint density at radius 3 is 2.45 bits per heavy atom. The van der Waals surface area contributed by atoms with Crippen molar-refractivity contribution in [3.63, 3.8) is 0 Å². The van der Waals surface area contributed by atoms with Gasteiger partial charge in [-0.3, -0.25) is 4.79 Å². The molecule has 0 bridgehead atoms. The summed E-state index contributed by atoms with van der Waals surface area (Å²) in [5, 5.41) is 17.9. The third-order valence-electron chi connectivity index (χ3n) is 13.1. The van der Waals surface area contributed by atoms with E-state index < -0.39 is 0 Å². The van der Waals surface area contributed by atoms with Crippen molar-refractivity contribution in [2.75, 3.05) is 0 Å². The van der Waals surface area contributed by atoms with Crippen molar-refractivity contribution >= 4 is 38.3 Å². The number of carbonyl (C=O) groups is 1. The molecule has 4 aromatic rings. The van der Waals surface area contributed by atoms with Gasteiger partial charge in [-0.1, -0.05) is 87.0 Å². The molecule has 3 heteroatoms. The van der Waals surface area contributed by atoms with Gasteiger partial charge in [0.25, 0.3) is 0 Å². The predicted octanol–water partition coefficient (Wildman–Crippen LogP) is 9.20. The van der Waals surface area contributed by atoms with Crippen molar-refractivity contribution in [3.8, 4) is 0 Å². The van der Waals surface area contributed by atoms with Gasteiger partial charge in [-0.25, -0.2) is 0 Å². The second kappa shape index (κ2) is 9.55. The van der Waals surface area contributed by atoms with Gasteiger partial charge >= 0.3 is 5.97 Å². The molecule has 0 heterocycles. The fraction of sp³-hybridized carbons (Fsp3) is 0.513. The molecule has 42 heavy (non-hydrogen) atoms. The predicted molar refractivity (Wildman–Crippen MR) is 170 cm³/mol. The molecule has 8 atom stereocenters. The number of benzene rings is 4. The van der Waals surface area contributed by atoms with Crippen molar-refractivity contribution in [2.45, 2.75) is 84.8 Å². The fourth-order valence-electron chi connectivity index (χ4n) is 10.9. The van der Waals surface area contributed by atoms with Gasteiger partial charge in [0.2, 0.25) is 0 Å². The van der Waals surface area contributed by atoms with Gasteiger partial charge in [-0.2, -0.15) is 0 Å². The summed E-state index contributed by atoms with van der Waals surface area (Å²) in [4.78, 5) is 13.7. The lowest BCUT2D eigenvalue weighted by molar-refractivity contribution is -0.154. The zero-order valence-corrected chi connectivity index (χ0v) is 25.4. The van der Waals surface area contributed by atoms with E-state index in [-0.39, 0.29) is 28.8 Å². The largest absolute Gasteiger partial charge is 0.461 e. The number of fused-ring (bicyclic) bond motifs is 5. The van der Waals surface area contributed by atoms with Crippen LogP contribution in [0.25, 0.3) is 32.3 Å². The number of hydrogen-bond acceptors (Lipinski definition) is 3. The summed E-state index contributed by atoms with van der Waals surface area (Å²) in [6.07, 6.45) is 11.3. The van der Waals surface area contributed by atoms with E-state index in [4.69, 9.17) is 4.74 Å². The number of esters is 1. The van der Waals surface area contributed by atoms with Crippen LogP contribution in [0.3, 0.4) is 0 Å². The highest BCUT2D eigenvalue weighted by Crippen LogP contribution is 2.67. The Labute approximate surface area is 249 Å². The van der Waals surface area contributed by atoms with Crippen LogP contribution >= 0.6 is 0 Å². The Morgan fingerprint density at radius 2 is 1.64 bits per heavy atom. The van der Waals surface area contributed by atoms with Gasteiger partial charge in [0.05, 0.1) is 12.0 Å². The number of carbonyl (C=O) groups excluding carboxylic acids is 1. The number of aliphatic hydroxyl groups is 1. The Morgan fingerprint density at radius 1 is 0.905 bits per heavy atom. The van der Waals surface area contributed by atoms with E-state index in [1.54, 1.807) is 0 Å². The maximum Gasteiger partial charge on any atom is 0.309 e. The minimum absolute atomic E-state index is 0.0336. The second-order valence-corrected chi connectivity index (χ2v) is 14.9. The minimum atomic E-state index is -0.154. The highest BCUT2D eigenvalue weighted by molar-refractivity contribution is 6.23. The van der Waals surface area contributed by atoms with Gasteiger partial charge < -0.3 is 9.84 Å². The molecule has 8 rings (SSSR count). The molecule has 0 aromatic heterocycles. The van der Waals surface area contributed by atoms with Crippen LogP contribution in [-0.4, -0.2) is 17.2 Å². The third kappa shape index (κ3) is 3.78. The van der Waals surface area contributed by atoms with Crippen LogP contribution in [0.1, 0.15) is 77.7 Å². The summed E-state index contributed by atoms with van der Waals surface area (Å²) < 4.78 is 6.15. The monoisotopic (exact) mass is 560 g/mol. The summed E-state index contributed by atoms with van der Waals surface area (Å²) in [6, 6.07) is 19.6. The molecule has 0 aliphatic heterocycles. The van der Waals surface area contributed by atoms with Crippen LogP contribution in [0.2, 0.25) is 0 Å². The highest BCUT2D eigenvalue weighted by atomic mass is 16.5. The van der Waals surface area contributed by atoms with E-state index in [9.17, 15) is 9.90 Å². The summed E-state index contributed by atoms with van der Waals surface area (Å²) in [5.74, 6) is 2.36. The second-order valence-electron chi connectivity index (χ2n) is 14.9. The standard InChI is InChI=1S/C39H44O3/c1-23(32-15-16-33-31-14-12-28-21-29(40)17-19-38(28,2)34(31)18-20-39(32,33)3)37(41)42-22-27-10-9-26-8-7-24-5-4-6-25-11-13-30(27)36(26)35(24)25/h4-13,23,29,31-34,40H,14-22H2,1-3H3. The van der Waals surface area contributed by atoms with E-state index in [0.29, 0.717) is 24.4 Å². The van der Waals surface area contributed by atoms with Crippen molar-refractivity contribution in [2.24, 2.45) is 40.4 Å². The Balaban J connectivity index is 1.01. The molecule has 0 saturated heterocycles. The first-order valence-corrected chi connectivity index (χ1v) is 16.5. The molecule has 8 unspecified atom stereocenters. The normalized spacial score (nSPS) is 35.0. The Hall–Kier alpha value is -2.91. The van der Waals surface area contributed by atoms with Crippen LogP contribution in [0, 0.1) is 40.4 Å². The molecule has 3 fully saturated rings. The number of allylic oxidation sites excluding steroid dienone is 1. The average Bonchev–Trinajstić information content (AvgIpc) is 3.36. The van der Waals surface area contributed by atoms with Crippen LogP contribution in [0.15, 0.2) is 66.2 Å². The Kier molecular flexibility index (Phi) is 6.07. The third-order valence-corrected chi connectivity index (χ3v) is 13.1. The zero-order valence-electron chi connectivity index (χ0n) is 25.4. The maximum atomic E-state index is 13.7.